The van der Waals surface area contributed by atoms with Crippen LogP contribution in [0.25, 0.3) is 11.6 Å². The van der Waals surface area contributed by atoms with Gasteiger partial charge in [0.1, 0.15) is 0 Å². The van der Waals surface area contributed by atoms with Gasteiger partial charge in [-0.2, -0.15) is 0 Å². The summed E-state index contributed by atoms with van der Waals surface area (Å²) in [4.78, 5) is 39.6. The van der Waals surface area contributed by atoms with Gasteiger partial charge in [-0.05, 0) is 56.5 Å². The first-order valence-electron chi connectivity index (χ1n) is 11.4. The summed E-state index contributed by atoms with van der Waals surface area (Å²) in [7, 11) is -0.934. The highest BCUT2D eigenvalue weighted by molar-refractivity contribution is 7.89. The molecule has 1 fully saturated rings. The lowest BCUT2D eigenvalue weighted by Crippen LogP contribution is -2.41. The van der Waals surface area contributed by atoms with Gasteiger partial charge in [0.25, 0.3) is 11.8 Å². The number of rotatable bonds is 7. The van der Waals surface area contributed by atoms with Crippen molar-refractivity contribution < 1.29 is 27.9 Å². The van der Waals surface area contributed by atoms with Crippen molar-refractivity contribution in [2.75, 3.05) is 32.5 Å². The number of anilines is 1. The zero-order valence-corrected chi connectivity index (χ0v) is 21.3. The van der Waals surface area contributed by atoms with Crippen LogP contribution in [0.15, 0.2) is 23.1 Å². The number of fused-ring (bicyclic) bond motifs is 1. The van der Waals surface area contributed by atoms with Crippen molar-refractivity contribution in [3.8, 4) is 0 Å². The summed E-state index contributed by atoms with van der Waals surface area (Å²) in [5.41, 5.74) is 7.84. The SMILES string of the molecule is Cc1c(C(=O)O)c(C)n(C(C(N)=O)N2CCCC2)c1C=C1C(=O)Nc2ccc(S(=O)(=O)N(C)C)cc21. The Morgan fingerprint density at radius 3 is 2.39 bits per heavy atom. The largest absolute Gasteiger partial charge is 0.478 e. The van der Waals surface area contributed by atoms with E-state index in [2.05, 4.69) is 5.32 Å². The molecule has 0 aliphatic carbocycles. The Balaban J connectivity index is 1.96. The van der Waals surface area contributed by atoms with Crippen LogP contribution >= 0.6 is 0 Å². The number of benzene rings is 1. The molecule has 1 atom stereocenters. The van der Waals surface area contributed by atoms with E-state index in [0.717, 1.165) is 17.1 Å². The van der Waals surface area contributed by atoms with Crippen LogP contribution in [0.3, 0.4) is 0 Å². The minimum Gasteiger partial charge on any atom is -0.478 e. The third-order valence-electron chi connectivity index (χ3n) is 6.78. The van der Waals surface area contributed by atoms with Gasteiger partial charge >= 0.3 is 5.97 Å². The van der Waals surface area contributed by atoms with E-state index in [1.807, 2.05) is 4.90 Å². The number of primary amides is 1. The molecular weight excluding hydrogens is 486 g/mol. The van der Waals surface area contributed by atoms with E-state index in [1.54, 1.807) is 18.4 Å². The summed E-state index contributed by atoms with van der Waals surface area (Å²) >= 11 is 0. The molecule has 1 unspecified atom stereocenters. The molecule has 11 nitrogen and oxygen atoms in total. The van der Waals surface area contributed by atoms with Gasteiger partial charge in [0.15, 0.2) is 6.17 Å². The smallest absolute Gasteiger partial charge is 0.337 e. The van der Waals surface area contributed by atoms with Crippen molar-refractivity contribution in [2.45, 2.75) is 37.8 Å². The van der Waals surface area contributed by atoms with E-state index < -0.39 is 34.0 Å². The predicted molar refractivity (Wildman–Crippen MR) is 134 cm³/mol. The molecule has 0 bridgehead atoms. The summed E-state index contributed by atoms with van der Waals surface area (Å²) < 4.78 is 28.0. The molecule has 1 aromatic heterocycles. The minimum absolute atomic E-state index is 0.00948. The number of aromatic nitrogens is 1. The number of amides is 2. The highest BCUT2D eigenvalue weighted by atomic mass is 32.2. The van der Waals surface area contributed by atoms with Gasteiger partial charge in [-0.15, -0.1) is 0 Å². The van der Waals surface area contributed by atoms with Crippen molar-refractivity contribution >= 4 is 45.1 Å². The molecule has 0 radical (unpaired) electrons. The van der Waals surface area contributed by atoms with Gasteiger partial charge in [0, 0.05) is 49.8 Å². The lowest BCUT2D eigenvalue weighted by atomic mass is 10.0. The van der Waals surface area contributed by atoms with E-state index in [1.165, 1.54) is 38.4 Å². The number of carbonyl (C=O) groups excluding carboxylic acids is 2. The van der Waals surface area contributed by atoms with E-state index in [9.17, 15) is 27.9 Å². The Morgan fingerprint density at radius 2 is 1.83 bits per heavy atom. The Bertz CT molecular complexity index is 1420. The van der Waals surface area contributed by atoms with Crippen LogP contribution in [-0.2, 0) is 19.6 Å². The van der Waals surface area contributed by atoms with Crippen molar-refractivity contribution in [3.05, 3.63) is 46.3 Å². The zero-order chi connectivity index (χ0) is 26.5. The number of sulfonamides is 1. The van der Waals surface area contributed by atoms with Crippen molar-refractivity contribution in [1.29, 1.82) is 0 Å². The van der Waals surface area contributed by atoms with Crippen LogP contribution < -0.4 is 11.1 Å². The molecule has 1 saturated heterocycles. The van der Waals surface area contributed by atoms with Crippen molar-refractivity contribution in [3.63, 3.8) is 0 Å². The van der Waals surface area contributed by atoms with Crippen molar-refractivity contribution in [1.82, 2.24) is 13.8 Å². The van der Waals surface area contributed by atoms with Gasteiger partial charge in [0.05, 0.1) is 16.0 Å². The molecule has 2 amide bonds. The second-order valence-electron chi connectivity index (χ2n) is 9.17. The molecule has 2 aromatic rings. The number of likely N-dealkylation sites (tertiary alicyclic amines) is 1. The van der Waals surface area contributed by atoms with Gasteiger partial charge in [0.2, 0.25) is 10.0 Å². The Hall–Kier alpha value is -3.48. The van der Waals surface area contributed by atoms with Crippen LogP contribution in [0.4, 0.5) is 5.69 Å². The van der Waals surface area contributed by atoms with Gasteiger partial charge in [-0.1, -0.05) is 0 Å². The Labute approximate surface area is 209 Å². The normalized spacial score (nSPS) is 18.0. The fourth-order valence-corrected chi connectivity index (χ4v) is 5.89. The molecule has 3 heterocycles. The van der Waals surface area contributed by atoms with Crippen LogP contribution in [0, 0.1) is 13.8 Å². The first kappa shape index (κ1) is 25.6. The second kappa shape index (κ2) is 9.19. The Morgan fingerprint density at radius 1 is 1.19 bits per heavy atom. The Kier molecular flexibility index (Phi) is 6.54. The molecule has 2 aliphatic heterocycles. The highest BCUT2D eigenvalue weighted by Gasteiger charge is 2.35. The minimum atomic E-state index is -3.76. The second-order valence-corrected chi connectivity index (χ2v) is 11.3. The van der Waals surface area contributed by atoms with Crippen LogP contribution in [0.5, 0.6) is 0 Å². The predicted octanol–water partition coefficient (Wildman–Crippen LogP) is 1.63. The van der Waals surface area contributed by atoms with Crippen LogP contribution in [0.1, 0.15) is 51.9 Å². The van der Waals surface area contributed by atoms with Gasteiger partial charge in [-0.25, -0.2) is 17.5 Å². The van der Waals surface area contributed by atoms with Gasteiger partial charge < -0.3 is 20.7 Å². The quantitative estimate of drug-likeness (QED) is 0.473. The summed E-state index contributed by atoms with van der Waals surface area (Å²) in [6.45, 7) is 4.46. The number of carboxylic acids is 1. The lowest BCUT2D eigenvalue weighted by Gasteiger charge is -2.29. The molecule has 4 rings (SSSR count). The third-order valence-corrected chi connectivity index (χ3v) is 8.59. The number of hydrogen-bond acceptors (Lipinski definition) is 6. The fourth-order valence-electron chi connectivity index (χ4n) is 4.96. The molecule has 1 aromatic carbocycles. The maximum absolute atomic E-state index is 13.0. The van der Waals surface area contributed by atoms with E-state index in [0.29, 0.717) is 41.3 Å². The van der Waals surface area contributed by atoms with Gasteiger partial charge in [-0.3, -0.25) is 14.5 Å². The number of nitrogens with two attached hydrogens (primary N) is 1. The first-order chi connectivity index (χ1) is 16.9. The summed E-state index contributed by atoms with van der Waals surface area (Å²) in [6, 6.07) is 4.34. The highest BCUT2D eigenvalue weighted by Crippen LogP contribution is 2.38. The number of hydrogen-bond donors (Lipinski definition) is 3. The molecule has 36 heavy (non-hydrogen) atoms. The zero-order valence-electron chi connectivity index (χ0n) is 20.5. The number of nitrogens with zero attached hydrogens (tertiary/aromatic N) is 3. The maximum atomic E-state index is 13.0. The van der Waals surface area contributed by atoms with Crippen LogP contribution in [0.2, 0.25) is 0 Å². The standard InChI is InChI=1S/C24H29N5O6S/c1-13-19(29(14(2)20(13)24(32)33)23(21(25)30)28-9-5-6-10-28)12-17-16-11-15(36(34,35)27(3)4)7-8-18(16)26-22(17)31/h7-8,11-12,23H,5-6,9-10H2,1-4H3,(H2,25,30)(H,26,31)(H,32,33). The average molecular weight is 516 g/mol. The molecule has 0 saturated carbocycles. The third kappa shape index (κ3) is 4.10. The maximum Gasteiger partial charge on any atom is 0.337 e. The number of aromatic carboxylic acids is 1. The van der Waals surface area contributed by atoms with Crippen molar-refractivity contribution in [2.24, 2.45) is 5.73 Å². The monoisotopic (exact) mass is 515 g/mol. The fraction of sp³-hybridized carbons (Fsp3) is 0.375. The summed E-state index contributed by atoms with van der Waals surface area (Å²) in [5.74, 6) is -2.27. The summed E-state index contributed by atoms with van der Waals surface area (Å²) in [6.07, 6.45) is 2.33. The topological polar surface area (TPSA) is 155 Å². The molecule has 192 valence electrons. The molecule has 2 aliphatic rings. The van der Waals surface area contributed by atoms with E-state index >= 15 is 0 Å². The van der Waals surface area contributed by atoms with E-state index in [-0.39, 0.29) is 16.0 Å². The molecule has 12 heteroatoms. The first-order valence-corrected chi connectivity index (χ1v) is 12.9. The van der Waals surface area contributed by atoms with Crippen LogP contribution in [-0.4, -0.2) is 72.3 Å². The van der Waals surface area contributed by atoms with E-state index in [4.69, 9.17) is 5.73 Å². The molecular formula is C24H29N5O6S. The number of nitrogens with one attached hydrogen (secondary N) is 1. The molecule has 4 N–H and O–H groups in total. The average Bonchev–Trinajstić information content (AvgIpc) is 3.47. The lowest BCUT2D eigenvalue weighted by molar-refractivity contribution is -0.126. The number of carbonyl (C=O) groups is 3. The molecule has 0 spiro atoms. The number of carboxylic acid groups (broad SMARTS) is 1. The summed E-state index contributed by atoms with van der Waals surface area (Å²) in [5, 5.41) is 12.6.